The number of nitrogens with zero attached hydrogens (tertiary/aromatic N) is 1. The standard InChI is InChI=1S/C12H24ClNO/c1-12(2,3)10-4-6-14(7-5-10)9-11(15)8-13/h10-11,15H,4-9H2,1-3H3. The van der Waals surface area contributed by atoms with E-state index in [1.807, 2.05) is 0 Å². The number of aliphatic hydroxyl groups excluding tert-OH is 1. The van der Waals surface area contributed by atoms with Crippen LogP contribution in [0.15, 0.2) is 0 Å². The second-order valence-corrected chi connectivity index (χ2v) is 6.06. The molecular weight excluding hydrogens is 210 g/mol. The van der Waals surface area contributed by atoms with Crippen LogP contribution in [0, 0.1) is 11.3 Å². The van der Waals surface area contributed by atoms with Gasteiger partial charge in [-0.1, -0.05) is 20.8 Å². The molecule has 1 N–H and O–H groups in total. The largest absolute Gasteiger partial charge is 0.391 e. The molecular formula is C12H24ClNO. The topological polar surface area (TPSA) is 23.5 Å². The number of β-amino-alcohol motifs (C(OH)–C–C–N with tert-alkyl or cyclic N) is 1. The van der Waals surface area contributed by atoms with Crippen LogP contribution in [0.3, 0.4) is 0 Å². The molecule has 0 aromatic carbocycles. The first-order valence-electron chi connectivity index (χ1n) is 5.90. The van der Waals surface area contributed by atoms with Crippen molar-refractivity contribution in [1.82, 2.24) is 4.90 Å². The molecule has 0 spiro atoms. The molecule has 1 saturated heterocycles. The Morgan fingerprint density at radius 1 is 1.33 bits per heavy atom. The fourth-order valence-electron chi connectivity index (χ4n) is 2.33. The van der Waals surface area contributed by atoms with E-state index in [0.717, 1.165) is 25.6 Å². The molecule has 1 heterocycles. The zero-order valence-corrected chi connectivity index (χ0v) is 10.9. The van der Waals surface area contributed by atoms with E-state index >= 15 is 0 Å². The average Bonchev–Trinajstić information content (AvgIpc) is 2.17. The number of halogens is 1. The number of rotatable bonds is 3. The number of hydrogen-bond donors (Lipinski definition) is 1. The highest BCUT2D eigenvalue weighted by molar-refractivity contribution is 6.18. The maximum absolute atomic E-state index is 9.46. The maximum atomic E-state index is 9.46. The highest BCUT2D eigenvalue weighted by Gasteiger charge is 2.28. The minimum Gasteiger partial charge on any atom is -0.391 e. The Labute approximate surface area is 98.6 Å². The van der Waals surface area contributed by atoms with Gasteiger partial charge in [-0.25, -0.2) is 0 Å². The Bertz CT molecular complexity index is 183. The molecule has 3 heteroatoms. The van der Waals surface area contributed by atoms with Crippen LogP contribution < -0.4 is 0 Å². The molecule has 1 unspecified atom stereocenters. The first kappa shape index (κ1) is 13.3. The average molecular weight is 234 g/mol. The number of aliphatic hydroxyl groups is 1. The molecule has 15 heavy (non-hydrogen) atoms. The zero-order valence-electron chi connectivity index (χ0n) is 10.2. The molecule has 1 aliphatic heterocycles. The number of alkyl halides is 1. The Morgan fingerprint density at radius 3 is 2.27 bits per heavy atom. The van der Waals surface area contributed by atoms with E-state index in [2.05, 4.69) is 25.7 Å². The van der Waals surface area contributed by atoms with Gasteiger partial charge < -0.3 is 10.0 Å². The van der Waals surface area contributed by atoms with Crippen LogP contribution in [-0.4, -0.2) is 41.6 Å². The lowest BCUT2D eigenvalue weighted by atomic mass is 9.75. The van der Waals surface area contributed by atoms with E-state index in [0.29, 0.717) is 11.3 Å². The number of piperidine rings is 1. The molecule has 0 aromatic heterocycles. The van der Waals surface area contributed by atoms with Gasteiger partial charge in [0.25, 0.3) is 0 Å². The van der Waals surface area contributed by atoms with Gasteiger partial charge in [0.15, 0.2) is 0 Å². The van der Waals surface area contributed by atoms with Gasteiger partial charge in [0.2, 0.25) is 0 Å². The van der Waals surface area contributed by atoms with Crippen molar-refractivity contribution in [2.75, 3.05) is 25.5 Å². The minimum absolute atomic E-state index is 0.346. The van der Waals surface area contributed by atoms with E-state index in [-0.39, 0.29) is 6.10 Å². The van der Waals surface area contributed by atoms with Gasteiger partial charge >= 0.3 is 0 Å². The van der Waals surface area contributed by atoms with Crippen molar-refractivity contribution in [3.8, 4) is 0 Å². The van der Waals surface area contributed by atoms with Crippen molar-refractivity contribution in [3.63, 3.8) is 0 Å². The molecule has 0 aliphatic carbocycles. The quantitative estimate of drug-likeness (QED) is 0.757. The summed E-state index contributed by atoms with van der Waals surface area (Å²) in [6.07, 6.45) is 2.13. The molecule has 0 radical (unpaired) electrons. The van der Waals surface area contributed by atoms with Gasteiger partial charge in [-0.05, 0) is 37.3 Å². The zero-order chi connectivity index (χ0) is 11.5. The number of likely N-dealkylation sites (tertiary alicyclic amines) is 1. The van der Waals surface area contributed by atoms with E-state index in [1.165, 1.54) is 12.8 Å². The molecule has 0 amide bonds. The SMILES string of the molecule is CC(C)(C)C1CCN(CC(O)CCl)CC1. The third-order valence-corrected chi connectivity index (χ3v) is 3.82. The Hall–Kier alpha value is 0.210. The van der Waals surface area contributed by atoms with Gasteiger partial charge in [-0.3, -0.25) is 0 Å². The van der Waals surface area contributed by atoms with E-state index < -0.39 is 0 Å². The summed E-state index contributed by atoms with van der Waals surface area (Å²) in [6.45, 7) is 9.91. The van der Waals surface area contributed by atoms with Gasteiger partial charge in [0.1, 0.15) is 0 Å². The van der Waals surface area contributed by atoms with Crippen LogP contribution >= 0.6 is 11.6 Å². The van der Waals surface area contributed by atoms with Crippen LogP contribution in [0.2, 0.25) is 0 Å². The predicted molar refractivity (Wildman–Crippen MR) is 65.3 cm³/mol. The Kier molecular flexibility index (Phi) is 4.88. The summed E-state index contributed by atoms with van der Waals surface area (Å²) in [5, 5.41) is 9.46. The molecule has 0 aromatic rings. The molecule has 0 saturated carbocycles. The molecule has 0 bridgehead atoms. The fourth-order valence-corrected chi connectivity index (χ4v) is 2.43. The summed E-state index contributed by atoms with van der Waals surface area (Å²) in [5.41, 5.74) is 0.428. The van der Waals surface area contributed by atoms with Crippen LogP contribution in [0.1, 0.15) is 33.6 Å². The van der Waals surface area contributed by atoms with Gasteiger partial charge in [0.05, 0.1) is 6.10 Å². The van der Waals surface area contributed by atoms with Crippen molar-refractivity contribution >= 4 is 11.6 Å². The third kappa shape index (κ3) is 4.29. The predicted octanol–water partition coefficient (Wildman–Crippen LogP) is 2.34. The highest BCUT2D eigenvalue weighted by Crippen LogP contribution is 2.34. The normalized spacial score (nSPS) is 23.0. The lowest BCUT2D eigenvalue weighted by Gasteiger charge is -2.39. The van der Waals surface area contributed by atoms with Crippen molar-refractivity contribution in [3.05, 3.63) is 0 Å². The first-order valence-corrected chi connectivity index (χ1v) is 6.43. The van der Waals surface area contributed by atoms with Gasteiger partial charge in [-0.2, -0.15) is 0 Å². The second kappa shape index (κ2) is 5.51. The molecule has 1 rings (SSSR count). The lowest BCUT2D eigenvalue weighted by molar-refractivity contribution is 0.0736. The van der Waals surface area contributed by atoms with Crippen LogP contribution in [0.25, 0.3) is 0 Å². The van der Waals surface area contributed by atoms with E-state index in [1.54, 1.807) is 0 Å². The molecule has 1 aliphatic rings. The lowest BCUT2D eigenvalue weighted by Crippen LogP contribution is -2.41. The highest BCUT2D eigenvalue weighted by atomic mass is 35.5. The summed E-state index contributed by atoms with van der Waals surface area (Å²) in [4.78, 5) is 2.33. The van der Waals surface area contributed by atoms with Crippen LogP contribution in [-0.2, 0) is 0 Å². The third-order valence-electron chi connectivity index (χ3n) is 3.46. The van der Waals surface area contributed by atoms with Gasteiger partial charge in [-0.15, -0.1) is 11.6 Å². The summed E-state index contributed by atoms with van der Waals surface area (Å²) in [5.74, 6) is 1.17. The smallest absolute Gasteiger partial charge is 0.0802 e. The molecule has 1 atom stereocenters. The van der Waals surface area contributed by atoms with E-state index in [4.69, 9.17) is 11.6 Å². The van der Waals surface area contributed by atoms with Crippen molar-refractivity contribution in [1.29, 1.82) is 0 Å². The molecule has 1 fully saturated rings. The van der Waals surface area contributed by atoms with Crippen LogP contribution in [0.5, 0.6) is 0 Å². The van der Waals surface area contributed by atoms with Crippen molar-refractivity contribution < 1.29 is 5.11 Å². The maximum Gasteiger partial charge on any atom is 0.0802 e. The van der Waals surface area contributed by atoms with Gasteiger partial charge in [0, 0.05) is 12.4 Å². The first-order chi connectivity index (χ1) is 6.93. The van der Waals surface area contributed by atoms with E-state index in [9.17, 15) is 5.11 Å². The summed E-state index contributed by atoms with van der Waals surface area (Å²) < 4.78 is 0. The summed E-state index contributed by atoms with van der Waals surface area (Å²) in [6, 6.07) is 0. The van der Waals surface area contributed by atoms with Crippen molar-refractivity contribution in [2.24, 2.45) is 11.3 Å². The van der Waals surface area contributed by atoms with Crippen LogP contribution in [0.4, 0.5) is 0 Å². The monoisotopic (exact) mass is 233 g/mol. The molecule has 90 valence electrons. The van der Waals surface area contributed by atoms with Crippen molar-refractivity contribution in [2.45, 2.75) is 39.7 Å². The fraction of sp³-hybridized carbons (Fsp3) is 1.00. The summed E-state index contributed by atoms with van der Waals surface area (Å²) in [7, 11) is 0. The number of hydrogen-bond acceptors (Lipinski definition) is 2. The second-order valence-electron chi connectivity index (χ2n) is 5.75. The Balaban J connectivity index is 2.30. The minimum atomic E-state index is -0.363. The summed E-state index contributed by atoms with van der Waals surface area (Å²) >= 11 is 5.60. The Morgan fingerprint density at radius 2 is 1.87 bits per heavy atom. The molecule has 2 nitrogen and oxygen atoms in total.